The fourth-order valence-corrected chi connectivity index (χ4v) is 2.74. The summed E-state index contributed by atoms with van der Waals surface area (Å²) in [6.45, 7) is 2.50. The number of aromatic nitrogens is 2. The van der Waals surface area contributed by atoms with E-state index >= 15 is 0 Å². The lowest BCUT2D eigenvalue weighted by Gasteiger charge is -2.08. The second-order valence-electron chi connectivity index (χ2n) is 4.23. The highest BCUT2D eigenvalue weighted by Gasteiger charge is 2.16. The lowest BCUT2D eigenvalue weighted by atomic mass is 10.3. The normalized spacial score (nSPS) is 11.3. The molecule has 0 radical (unpaired) electrons. The van der Waals surface area contributed by atoms with Crippen LogP contribution in [0.4, 0.5) is 5.69 Å². The second kappa shape index (κ2) is 6.59. The highest BCUT2D eigenvalue weighted by atomic mass is 32.2. The van der Waals surface area contributed by atoms with E-state index in [1.807, 2.05) is 6.92 Å². The Labute approximate surface area is 123 Å². The summed E-state index contributed by atoms with van der Waals surface area (Å²) in [5, 5.41) is 12.7. The van der Waals surface area contributed by atoms with E-state index < -0.39 is 10.0 Å². The molecule has 2 rings (SSSR count). The number of ether oxygens (including phenoxy) is 1. The van der Waals surface area contributed by atoms with Crippen LogP contribution >= 0.6 is 0 Å². The third kappa shape index (κ3) is 3.96. The van der Waals surface area contributed by atoms with Gasteiger partial charge in [-0.3, -0.25) is 9.40 Å². The maximum atomic E-state index is 12.2. The number of anilines is 1. The summed E-state index contributed by atoms with van der Waals surface area (Å²) < 4.78 is 33.6. The third-order valence-electron chi connectivity index (χ3n) is 2.65. The smallest absolute Gasteiger partial charge is 0.265 e. The number of nitrogens with zero attached hydrogens (tertiary/aromatic N) is 2. The van der Waals surface area contributed by atoms with Gasteiger partial charge in [0.15, 0.2) is 0 Å². The van der Waals surface area contributed by atoms with E-state index in [1.165, 1.54) is 17.1 Å². The van der Waals surface area contributed by atoms with Crippen molar-refractivity contribution in [3.63, 3.8) is 0 Å². The molecule has 114 valence electrons. The van der Waals surface area contributed by atoms with Gasteiger partial charge in [0.05, 0.1) is 31.6 Å². The monoisotopic (exact) mass is 311 g/mol. The van der Waals surface area contributed by atoms with Crippen LogP contribution in [0.5, 0.6) is 5.75 Å². The Morgan fingerprint density at radius 3 is 2.95 bits per heavy atom. The summed E-state index contributed by atoms with van der Waals surface area (Å²) in [7, 11) is -3.71. The summed E-state index contributed by atoms with van der Waals surface area (Å²) in [6, 6.07) is 6.70. The molecule has 0 atom stereocenters. The Morgan fingerprint density at radius 1 is 1.43 bits per heavy atom. The van der Waals surface area contributed by atoms with Crippen molar-refractivity contribution >= 4 is 15.7 Å². The van der Waals surface area contributed by atoms with Crippen LogP contribution in [0.15, 0.2) is 41.6 Å². The van der Waals surface area contributed by atoms with Gasteiger partial charge in [-0.1, -0.05) is 6.07 Å². The summed E-state index contributed by atoms with van der Waals surface area (Å²) in [4.78, 5) is 0.0396. The standard InChI is InChI=1S/C13H17N3O4S/c1-2-20-12-5-3-4-11(8-12)15-21(18,19)13-9-14-16(10-13)6-7-17/h3-5,8-10,15,17H,2,6-7H2,1H3. The first kappa shape index (κ1) is 15.3. The van der Waals surface area contributed by atoms with E-state index in [4.69, 9.17) is 9.84 Å². The number of aliphatic hydroxyl groups excluding tert-OH is 1. The molecular formula is C13H17N3O4S. The zero-order valence-corrected chi connectivity index (χ0v) is 12.4. The van der Waals surface area contributed by atoms with Crippen LogP contribution in [0.3, 0.4) is 0 Å². The van der Waals surface area contributed by atoms with Gasteiger partial charge in [0.25, 0.3) is 10.0 Å². The van der Waals surface area contributed by atoms with Crippen molar-refractivity contribution in [2.75, 3.05) is 17.9 Å². The van der Waals surface area contributed by atoms with Crippen molar-refractivity contribution < 1.29 is 18.3 Å². The molecule has 2 aromatic rings. The maximum Gasteiger partial charge on any atom is 0.265 e. The molecule has 0 amide bonds. The van der Waals surface area contributed by atoms with Crippen LogP contribution in [-0.4, -0.2) is 36.5 Å². The lowest BCUT2D eigenvalue weighted by molar-refractivity contribution is 0.269. The van der Waals surface area contributed by atoms with Gasteiger partial charge in [-0.15, -0.1) is 0 Å². The first-order chi connectivity index (χ1) is 10.0. The predicted octanol–water partition coefficient (Wildman–Crippen LogP) is 1.07. The van der Waals surface area contributed by atoms with Gasteiger partial charge < -0.3 is 9.84 Å². The minimum Gasteiger partial charge on any atom is -0.494 e. The predicted molar refractivity (Wildman–Crippen MR) is 77.7 cm³/mol. The number of hydrogen-bond donors (Lipinski definition) is 2. The summed E-state index contributed by atoms with van der Waals surface area (Å²) in [5.74, 6) is 0.591. The van der Waals surface area contributed by atoms with Crippen LogP contribution in [0.2, 0.25) is 0 Å². The van der Waals surface area contributed by atoms with E-state index in [1.54, 1.807) is 24.3 Å². The van der Waals surface area contributed by atoms with E-state index in [0.717, 1.165) is 0 Å². The first-order valence-electron chi connectivity index (χ1n) is 6.44. The quantitative estimate of drug-likeness (QED) is 0.798. The zero-order valence-electron chi connectivity index (χ0n) is 11.6. The van der Waals surface area contributed by atoms with Crippen molar-refractivity contribution in [2.45, 2.75) is 18.4 Å². The number of hydrogen-bond acceptors (Lipinski definition) is 5. The van der Waals surface area contributed by atoms with Gasteiger partial charge in [-0.25, -0.2) is 8.42 Å². The van der Waals surface area contributed by atoms with E-state index in [2.05, 4.69) is 9.82 Å². The molecule has 1 aromatic carbocycles. The Hall–Kier alpha value is -2.06. The molecule has 0 aliphatic heterocycles. The first-order valence-corrected chi connectivity index (χ1v) is 7.92. The number of benzene rings is 1. The fourth-order valence-electron chi connectivity index (χ4n) is 1.74. The minimum absolute atomic E-state index is 0.0396. The van der Waals surface area contributed by atoms with Crippen molar-refractivity contribution in [2.24, 2.45) is 0 Å². The van der Waals surface area contributed by atoms with E-state index in [-0.39, 0.29) is 18.0 Å². The SMILES string of the molecule is CCOc1cccc(NS(=O)(=O)c2cnn(CCO)c2)c1. The van der Waals surface area contributed by atoms with Crippen molar-refractivity contribution in [3.8, 4) is 5.75 Å². The van der Waals surface area contributed by atoms with Gasteiger partial charge in [0, 0.05) is 12.3 Å². The number of nitrogens with one attached hydrogen (secondary N) is 1. The fraction of sp³-hybridized carbons (Fsp3) is 0.308. The number of aliphatic hydroxyl groups is 1. The molecule has 0 aliphatic rings. The zero-order chi connectivity index (χ0) is 15.3. The molecule has 8 heteroatoms. The summed E-state index contributed by atoms with van der Waals surface area (Å²) in [6.07, 6.45) is 2.61. The highest BCUT2D eigenvalue weighted by Crippen LogP contribution is 2.20. The summed E-state index contributed by atoms with van der Waals surface area (Å²) in [5.41, 5.74) is 0.413. The van der Waals surface area contributed by atoms with Crippen molar-refractivity contribution in [3.05, 3.63) is 36.7 Å². The van der Waals surface area contributed by atoms with Crippen LogP contribution < -0.4 is 9.46 Å². The minimum atomic E-state index is -3.71. The molecule has 0 unspecified atom stereocenters. The molecule has 21 heavy (non-hydrogen) atoms. The summed E-state index contributed by atoms with van der Waals surface area (Å²) >= 11 is 0. The van der Waals surface area contributed by atoms with Crippen LogP contribution in [0.25, 0.3) is 0 Å². The largest absolute Gasteiger partial charge is 0.494 e. The molecule has 2 N–H and O–H groups in total. The Balaban J connectivity index is 2.18. The molecule has 0 aliphatic carbocycles. The van der Waals surface area contributed by atoms with Gasteiger partial charge in [0.1, 0.15) is 10.6 Å². The van der Waals surface area contributed by atoms with E-state index in [9.17, 15) is 8.42 Å². The Morgan fingerprint density at radius 2 is 2.24 bits per heavy atom. The van der Waals surface area contributed by atoms with Gasteiger partial charge >= 0.3 is 0 Å². The lowest BCUT2D eigenvalue weighted by Crippen LogP contribution is -2.12. The van der Waals surface area contributed by atoms with Crippen LogP contribution in [-0.2, 0) is 16.6 Å². The van der Waals surface area contributed by atoms with Crippen molar-refractivity contribution in [1.82, 2.24) is 9.78 Å². The molecule has 0 bridgehead atoms. The van der Waals surface area contributed by atoms with Gasteiger partial charge in [-0.2, -0.15) is 5.10 Å². The Bertz CT molecular complexity index is 697. The number of sulfonamides is 1. The highest BCUT2D eigenvalue weighted by molar-refractivity contribution is 7.92. The Kier molecular flexibility index (Phi) is 4.81. The molecular weight excluding hydrogens is 294 g/mol. The molecule has 0 saturated heterocycles. The van der Waals surface area contributed by atoms with Gasteiger partial charge in [0.2, 0.25) is 0 Å². The van der Waals surface area contributed by atoms with Crippen LogP contribution in [0, 0.1) is 0 Å². The van der Waals surface area contributed by atoms with E-state index in [0.29, 0.717) is 18.0 Å². The molecule has 0 spiro atoms. The second-order valence-corrected chi connectivity index (χ2v) is 5.91. The molecule has 1 heterocycles. The molecule has 0 fully saturated rings. The van der Waals surface area contributed by atoms with Crippen molar-refractivity contribution in [1.29, 1.82) is 0 Å². The third-order valence-corrected chi connectivity index (χ3v) is 3.98. The molecule has 1 aromatic heterocycles. The van der Waals surface area contributed by atoms with Gasteiger partial charge in [-0.05, 0) is 19.1 Å². The number of rotatable bonds is 7. The maximum absolute atomic E-state index is 12.2. The molecule has 7 nitrogen and oxygen atoms in total. The van der Waals surface area contributed by atoms with Crippen LogP contribution in [0.1, 0.15) is 6.92 Å². The average molecular weight is 311 g/mol. The molecule has 0 saturated carbocycles. The average Bonchev–Trinajstić information content (AvgIpc) is 2.89. The topological polar surface area (TPSA) is 93.5 Å².